The molecule has 1 nitrogen and oxygen atoms in total. The molecule has 0 spiro atoms. The zero-order chi connectivity index (χ0) is 16.9. The zero-order valence-corrected chi connectivity index (χ0v) is 15.0. The molecule has 0 amide bonds. The first kappa shape index (κ1) is 17.0. The Morgan fingerprint density at radius 2 is 1.33 bits per heavy atom. The molecule has 0 aliphatic rings. The summed E-state index contributed by atoms with van der Waals surface area (Å²) >= 11 is 12.5. The molecule has 0 fully saturated rings. The normalized spacial score (nSPS) is 12.1. The van der Waals surface area contributed by atoms with Crippen LogP contribution in [-0.2, 0) is 6.54 Å². The highest BCUT2D eigenvalue weighted by molar-refractivity contribution is 6.36. The van der Waals surface area contributed by atoms with E-state index in [-0.39, 0.29) is 6.04 Å². The van der Waals surface area contributed by atoms with Gasteiger partial charge in [0.25, 0.3) is 0 Å². The lowest BCUT2D eigenvalue weighted by Crippen LogP contribution is -2.18. The van der Waals surface area contributed by atoms with Gasteiger partial charge < -0.3 is 5.32 Å². The van der Waals surface area contributed by atoms with Gasteiger partial charge in [0.15, 0.2) is 0 Å². The third kappa shape index (κ3) is 3.99. The van der Waals surface area contributed by atoms with Crippen molar-refractivity contribution >= 4 is 23.2 Å². The lowest BCUT2D eigenvalue weighted by Gasteiger charge is -2.17. The van der Waals surface area contributed by atoms with Gasteiger partial charge in [-0.1, -0.05) is 83.9 Å². The molecule has 0 saturated carbocycles. The molecule has 3 heteroatoms. The second-order valence-electron chi connectivity index (χ2n) is 5.80. The summed E-state index contributed by atoms with van der Waals surface area (Å²) in [6, 6.07) is 24.7. The maximum atomic E-state index is 6.27. The molecule has 3 rings (SSSR count). The van der Waals surface area contributed by atoms with Gasteiger partial charge in [-0.3, -0.25) is 0 Å². The molecule has 0 heterocycles. The van der Waals surface area contributed by atoms with E-state index in [9.17, 15) is 0 Å². The summed E-state index contributed by atoms with van der Waals surface area (Å²) in [5.41, 5.74) is 4.63. The van der Waals surface area contributed by atoms with E-state index in [1.54, 1.807) is 0 Å². The van der Waals surface area contributed by atoms with Gasteiger partial charge in [-0.2, -0.15) is 0 Å². The maximum absolute atomic E-state index is 6.27. The topological polar surface area (TPSA) is 12.0 Å². The lowest BCUT2D eigenvalue weighted by molar-refractivity contribution is 0.575. The molecular formula is C21H19Cl2N. The molecule has 1 atom stereocenters. The molecule has 1 N–H and O–H groups in total. The van der Waals surface area contributed by atoms with E-state index in [1.165, 1.54) is 16.7 Å². The van der Waals surface area contributed by atoms with Gasteiger partial charge in [0.05, 0.1) is 0 Å². The van der Waals surface area contributed by atoms with Crippen LogP contribution in [0.4, 0.5) is 0 Å². The number of benzene rings is 3. The quantitative estimate of drug-likeness (QED) is 0.549. The van der Waals surface area contributed by atoms with Crippen LogP contribution in [0.2, 0.25) is 10.0 Å². The summed E-state index contributed by atoms with van der Waals surface area (Å²) < 4.78 is 0. The minimum atomic E-state index is 0.0833. The van der Waals surface area contributed by atoms with Crippen LogP contribution in [0, 0.1) is 0 Å². The van der Waals surface area contributed by atoms with Crippen LogP contribution in [0.5, 0.6) is 0 Å². The van der Waals surface area contributed by atoms with Crippen LogP contribution < -0.4 is 5.32 Å². The number of halogens is 2. The van der Waals surface area contributed by atoms with Crippen LogP contribution in [0.3, 0.4) is 0 Å². The molecule has 3 aromatic carbocycles. The third-order valence-electron chi connectivity index (χ3n) is 4.11. The van der Waals surface area contributed by atoms with Gasteiger partial charge in [-0.05, 0) is 35.7 Å². The number of rotatable bonds is 5. The molecule has 3 aromatic rings. The predicted octanol–water partition coefficient (Wildman–Crippen LogP) is 6.51. The lowest BCUT2D eigenvalue weighted by atomic mass is 10.0. The van der Waals surface area contributed by atoms with Gasteiger partial charge in [0.1, 0.15) is 0 Å². The Balaban J connectivity index is 1.67. The Hall–Kier alpha value is -1.80. The average molecular weight is 356 g/mol. The molecule has 122 valence electrons. The molecule has 24 heavy (non-hydrogen) atoms. The Morgan fingerprint density at radius 1 is 0.750 bits per heavy atom. The van der Waals surface area contributed by atoms with Crippen LogP contribution in [0.1, 0.15) is 24.1 Å². The summed E-state index contributed by atoms with van der Waals surface area (Å²) in [5, 5.41) is 4.88. The summed E-state index contributed by atoms with van der Waals surface area (Å²) in [5.74, 6) is 0. The van der Waals surface area contributed by atoms with Gasteiger partial charge in [-0.25, -0.2) is 0 Å². The monoisotopic (exact) mass is 355 g/mol. The van der Waals surface area contributed by atoms with Crippen molar-refractivity contribution in [3.63, 3.8) is 0 Å². The Labute approximate surface area is 153 Å². The standard InChI is InChI=1S/C21H19Cl2N/c1-15(21-19(22)8-5-9-20(21)23)24-14-16-10-12-18(13-11-16)17-6-3-2-4-7-17/h2-13,15,24H,14H2,1H3. The van der Waals surface area contributed by atoms with E-state index in [1.807, 2.05) is 24.3 Å². The summed E-state index contributed by atoms with van der Waals surface area (Å²) in [4.78, 5) is 0. The van der Waals surface area contributed by atoms with Gasteiger partial charge in [0.2, 0.25) is 0 Å². The average Bonchev–Trinajstić information content (AvgIpc) is 2.61. The second kappa shape index (κ2) is 7.85. The van der Waals surface area contributed by atoms with Crippen molar-refractivity contribution in [3.8, 4) is 11.1 Å². The van der Waals surface area contributed by atoms with Crippen molar-refractivity contribution in [2.45, 2.75) is 19.5 Å². The van der Waals surface area contributed by atoms with E-state index < -0.39 is 0 Å². The molecular weight excluding hydrogens is 337 g/mol. The Bertz CT molecular complexity index is 778. The summed E-state index contributed by atoms with van der Waals surface area (Å²) in [7, 11) is 0. The highest BCUT2D eigenvalue weighted by Crippen LogP contribution is 2.30. The van der Waals surface area contributed by atoms with E-state index >= 15 is 0 Å². The van der Waals surface area contributed by atoms with E-state index in [0.717, 1.165) is 12.1 Å². The fraction of sp³-hybridized carbons (Fsp3) is 0.143. The van der Waals surface area contributed by atoms with Gasteiger partial charge >= 0.3 is 0 Å². The van der Waals surface area contributed by atoms with Crippen LogP contribution in [0.15, 0.2) is 72.8 Å². The largest absolute Gasteiger partial charge is 0.306 e. The van der Waals surface area contributed by atoms with Crippen molar-refractivity contribution < 1.29 is 0 Å². The number of nitrogens with one attached hydrogen (secondary N) is 1. The summed E-state index contributed by atoms with van der Waals surface area (Å²) in [6.45, 7) is 2.84. The highest BCUT2D eigenvalue weighted by Gasteiger charge is 2.13. The van der Waals surface area contributed by atoms with Gasteiger partial charge in [0, 0.05) is 28.2 Å². The second-order valence-corrected chi connectivity index (χ2v) is 6.62. The van der Waals surface area contributed by atoms with E-state index in [4.69, 9.17) is 23.2 Å². The van der Waals surface area contributed by atoms with Gasteiger partial charge in [-0.15, -0.1) is 0 Å². The first-order chi connectivity index (χ1) is 11.6. The first-order valence-electron chi connectivity index (χ1n) is 7.97. The van der Waals surface area contributed by atoms with Crippen LogP contribution in [-0.4, -0.2) is 0 Å². The fourth-order valence-electron chi connectivity index (χ4n) is 2.74. The SMILES string of the molecule is CC(NCc1ccc(-c2ccccc2)cc1)c1c(Cl)cccc1Cl. The highest BCUT2D eigenvalue weighted by atomic mass is 35.5. The maximum Gasteiger partial charge on any atom is 0.0468 e. The van der Waals surface area contributed by atoms with E-state index in [0.29, 0.717) is 10.0 Å². The third-order valence-corrected chi connectivity index (χ3v) is 4.77. The minimum absolute atomic E-state index is 0.0833. The van der Waals surface area contributed by atoms with Crippen LogP contribution in [0.25, 0.3) is 11.1 Å². The predicted molar refractivity (Wildman–Crippen MR) is 104 cm³/mol. The molecule has 1 unspecified atom stereocenters. The minimum Gasteiger partial charge on any atom is -0.306 e. The number of hydrogen-bond donors (Lipinski definition) is 1. The van der Waals surface area contributed by atoms with Crippen molar-refractivity contribution in [2.24, 2.45) is 0 Å². The molecule has 0 aliphatic carbocycles. The van der Waals surface area contributed by atoms with Crippen molar-refractivity contribution in [1.29, 1.82) is 0 Å². The zero-order valence-electron chi connectivity index (χ0n) is 13.5. The molecule has 0 aliphatic heterocycles. The smallest absolute Gasteiger partial charge is 0.0468 e. The van der Waals surface area contributed by atoms with Crippen molar-refractivity contribution in [2.75, 3.05) is 0 Å². The fourth-order valence-corrected chi connectivity index (χ4v) is 3.47. The van der Waals surface area contributed by atoms with Crippen molar-refractivity contribution in [1.82, 2.24) is 5.32 Å². The molecule has 0 saturated heterocycles. The Kier molecular flexibility index (Phi) is 5.57. The van der Waals surface area contributed by atoms with E-state index in [2.05, 4.69) is 60.8 Å². The molecule has 0 radical (unpaired) electrons. The van der Waals surface area contributed by atoms with Crippen molar-refractivity contribution in [3.05, 3.63) is 94.0 Å². The first-order valence-corrected chi connectivity index (χ1v) is 8.72. The number of hydrogen-bond acceptors (Lipinski definition) is 1. The Morgan fingerprint density at radius 3 is 1.96 bits per heavy atom. The van der Waals surface area contributed by atoms with Crippen LogP contribution >= 0.6 is 23.2 Å². The molecule has 0 bridgehead atoms. The molecule has 0 aromatic heterocycles. The summed E-state index contributed by atoms with van der Waals surface area (Å²) in [6.07, 6.45) is 0.